The summed E-state index contributed by atoms with van der Waals surface area (Å²) < 4.78 is 22.9. The lowest BCUT2D eigenvalue weighted by molar-refractivity contribution is 0.217. The zero-order chi connectivity index (χ0) is 15.2. The fourth-order valence-corrected chi connectivity index (χ4v) is 4.52. The molecule has 0 spiro atoms. The van der Waals surface area contributed by atoms with Crippen molar-refractivity contribution in [1.29, 1.82) is 0 Å². The van der Waals surface area contributed by atoms with Gasteiger partial charge in [0, 0.05) is 29.7 Å². The Balaban J connectivity index is 2.23. The van der Waals surface area contributed by atoms with E-state index in [1.54, 1.807) is 14.2 Å². The molecule has 3 unspecified atom stereocenters. The van der Waals surface area contributed by atoms with Crippen LogP contribution in [0.2, 0.25) is 0 Å². The maximum atomic E-state index is 12.5. The standard InChI is InChI=1S/C16H25NO3S/c1-4-17-16-14-7-6-13(20-3)11-12(14)5-8-15(16)21(18)10-9-19-2/h6-7,11,15-17H,4-5,8-10H2,1-3H3. The van der Waals surface area contributed by atoms with Crippen molar-refractivity contribution in [2.75, 3.05) is 33.1 Å². The molecule has 1 aliphatic carbocycles. The van der Waals surface area contributed by atoms with Gasteiger partial charge < -0.3 is 14.8 Å². The Morgan fingerprint density at radius 3 is 2.86 bits per heavy atom. The Hall–Kier alpha value is -0.910. The first-order valence-electron chi connectivity index (χ1n) is 7.47. The van der Waals surface area contributed by atoms with Gasteiger partial charge >= 0.3 is 0 Å². The lowest BCUT2D eigenvalue weighted by Crippen LogP contribution is -2.39. The largest absolute Gasteiger partial charge is 0.497 e. The molecule has 0 aromatic heterocycles. The van der Waals surface area contributed by atoms with Crippen LogP contribution in [0.1, 0.15) is 30.5 Å². The summed E-state index contributed by atoms with van der Waals surface area (Å²) in [5, 5.41) is 3.66. The molecule has 4 nitrogen and oxygen atoms in total. The Morgan fingerprint density at radius 2 is 2.19 bits per heavy atom. The van der Waals surface area contributed by atoms with Gasteiger partial charge in [-0.05, 0) is 42.6 Å². The smallest absolute Gasteiger partial charge is 0.119 e. The number of fused-ring (bicyclic) bond motifs is 1. The number of nitrogens with one attached hydrogen (secondary N) is 1. The van der Waals surface area contributed by atoms with Crippen LogP contribution in [0.15, 0.2) is 18.2 Å². The highest BCUT2D eigenvalue weighted by Crippen LogP contribution is 2.35. The third-order valence-corrected chi connectivity index (χ3v) is 5.76. The number of benzene rings is 1. The Kier molecular flexibility index (Phi) is 6.21. The molecule has 0 saturated carbocycles. The Bertz CT molecular complexity index is 492. The molecule has 0 radical (unpaired) electrons. The van der Waals surface area contributed by atoms with Gasteiger partial charge in [-0.15, -0.1) is 0 Å². The van der Waals surface area contributed by atoms with Crippen molar-refractivity contribution in [2.45, 2.75) is 31.1 Å². The molecule has 1 aromatic carbocycles. The van der Waals surface area contributed by atoms with Gasteiger partial charge in [-0.1, -0.05) is 13.0 Å². The highest BCUT2D eigenvalue weighted by molar-refractivity contribution is 7.85. The molecule has 5 heteroatoms. The van der Waals surface area contributed by atoms with Gasteiger partial charge in [0.2, 0.25) is 0 Å². The molecule has 3 atom stereocenters. The van der Waals surface area contributed by atoms with Crippen LogP contribution in [0.25, 0.3) is 0 Å². The summed E-state index contributed by atoms with van der Waals surface area (Å²) in [6, 6.07) is 6.36. The topological polar surface area (TPSA) is 47.6 Å². The second-order valence-corrected chi connectivity index (χ2v) is 7.03. The summed E-state index contributed by atoms with van der Waals surface area (Å²) >= 11 is 0. The lowest BCUT2D eigenvalue weighted by Gasteiger charge is -2.33. The molecule has 0 fully saturated rings. The van der Waals surface area contributed by atoms with E-state index in [4.69, 9.17) is 9.47 Å². The fraction of sp³-hybridized carbons (Fsp3) is 0.625. The molecule has 1 aliphatic rings. The molecule has 0 amide bonds. The monoisotopic (exact) mass is 311 g/mol. The number of aryl methyl sites for hydroxylation is 1. The first-order chi connectivity index (χ1) is 10.2. The quantitative estimate of drug-likeness (QED) is 0.837. The van der Waals surface area contributed by atoms with Gasteiger partial charge in [0.15, 0.2) is 0 Å². The van der Waals surface area contributed by atoms with Crippen molar-refractivity contribution in [3.63, 3.8) is 0 Å². The van der Waals surface area contributed by atoms with Gasteiger partial charge in [0.05, 0.1) is 19.0 Å². The molecule has 0 bridgehead atoms. The van der Waals surface area contributed by atoms with Crippen LogP contribution in [0.4, 0.5) is 0 Å². The third-order valence-electron chi connectivity index (χ3n) is 4.01. The highest BCUT2D eigenvalue weighted by Gasteiger charge is 2.32. The maximum Gasteiger partial charge on any atom is 0.119 e. The van der Waals surface area contributed by atoms with Gasteiger partial charge in [-0.25, -0.2) is 0 Å². The summed E-state index contributed by atoms with van der Waals surface area (Å²) in [6.07, 6.45) is 1.89. The molecular weight excluding hydrogens is 286 g/mol. The molecule has 1 N–H and O–H groups in total. The summed E-state index contributed by atoms with van der Waals surface area (Å²) in [4.78, 5) is 0. The first-order valence-corrected chi connectivity index (χ1v) is 8.85. The zero-order valence-electron chi connectivity index (χ0n) is 13.1. The van der Waals surface area contributed by atoms with Crippen LogP contribution in [-0.2, 0) is 22.0 Å². The minimum atomic E-state index is -0.871. The molecule has 21 heavy (non-hydrogen) atoms. The maximum absolute atomic E-state index is 12.5. The zero-order valence-corrected chi connectivity index (χ0v) is 13.9. The van der Waals surface area contributed by atoms with Crippen molar-refractivity contribution >= 4 is 10.8 Å². The predicted molar refractivity (Wildman–Crippen MR) is 86.4 cm³/mol. The van der Waals surface area contributed by atoms with Crippen LogP contribution in [0.5, 0.6) is 5.75 Å². The van der Waals surface area contributed by atoms with E-state index in [-0.39, 0.29) is 11.3 Å². The van der Waals surface area contributed by atoms with Crippen molar-refractivity contribution in [1.82, 2.24) is 5.32 Å². The predicted octanol–water partition coefficient (Wildman–Crippen LogP) is 2.06. The number of rotatable bonds is 7. The highest BCUT2D eigenvalue weighted by atomic mass is 32.2. The number of ether oxygens (including phenoxy) is 2. The minimum absolute atomic E-state index is 0.154. The van der Waals surface area contributed by atoms with Crippen molar-refractivity contribution in [3.05, 3.63) is 29.3 Å². The van der Waals surface area contributed by atoms with Crippen LogP contribution in [-0.4, -0.2) is 42.6 Å². The van der Waals surface area contributed by atoms with E-state index < -0.39 is 10.8 Å². The molecule has 0 aliphatic heterocycles. The number of methoxy groups -OCH3 is 2. The molecule has 0 heterocycles. The van der Waals surface area contributed by atoms with E-state index in [2.05, 4.69) is 24.4 Å². The van der Waals surface area contributed by atoms with E-state index in [0.717, 1.165) is 25.1 Å². The average molecular weight is 311 g/mol. The van der Waals surface area contributed by atoms with E-state index in [9.17, 15) is 4.21 Å². The van der Waals surface area contributed by atoms with Gasteiger partial charge in [0.1, 0.15) is 5.75 Å². The molecule has 2 rings (SSSR count). The van der Waals surface area contributed by atoms with Gasteiger partial charge in [-0.2, -0.15) is 0 Å². The summed E-state index contributed by atoms with van der Waals surface area (Å²) in [6.45, 7) is 3.51. The van der Waals surface area contributed by atoms with Crippen LogP contribution >= 0.6 is 0 Å². The Labute approximate surface area is 129 Å². The van der Waals surface area contributed by atoms with E-state index in [1.165, 1.54) is 11.1 Å². The van der Waals surface area contributed by atoms with E-state index >= 15 is 0 Å². The van der Waals surface area contributed by atoms with Crippen molar-refractivity contribution < 1.29 is 13.7 Å². The lowest BCUT2D eigenvalue weighted by atomic mass is 9.87. The SMILES string of the molecule is CCNC1c2ccc(OC)cc2CCC1S(=O)CCOC. The number of hydrogen-bond donors (Lipinski definition) is 1. The average Bonchev–Trinajstić information content (AvgIpc) is 2.52. The molecular formula is C16H25NO3S. The van der Waals surface area contributed by atoms with Gasteiger partial charge in [0.25, 0.3) is 0 Å². The van der Waals surface area contributed by atoms with Crippen LogP contribution in [0.3, 0.4) is 0 Å². The summed E-state index contributed by atoms with van der Waals surface area (Å²) in [5.74, 6) is 1.50. The Morgan fingerprint density at radius 1 is 1.38 bits per heavy atom. The second kappa shape index (κ2) is 7.92. The fourth-order valence-electron chi connectivity index (χ4n) is 2.96. The van der Waals surface area contributed by atoms with Gasteiger partial charge in [-0.3, -0.25) is 4.21 Å². The molecule has 0 saturated heterocycles. The first kappa shape index (κ1) is 16.5. The minimum Gasteiger partial charge on any atom is -0.497 e. The third kappa shape index (κ3) is 3.84. The van der Waals surface area contributed by atoms with Crippen LogP contribution in [0, 0.1) is 0 Å². The summed E-state index contributed by atoms with van der Waals surface area (Å²) in [7, 11) is 2.47. The van der Waals surface area contributed by atoms with Crippen molar-refractivity contribution in [3.8, 4) is 5.75 Å². The summed E-state index contributed by atoms with van der Waals surface area (Å²) in [5.41, 5.74) is 2.57. The van der Waals surface area contributed by atoms with Crippen LogP contribution < -0.4 is 10.1 Å². The van der Waals surface area contributed by atoms with E-state index in [0.29, 0.717) is 12.4 Å². The molecule has 118 valence electrons. The second-order valence-electron chi connectivity index (χ2n) is 5.25. The van der Waals surface area contributed by atoms with E-state index in [1.807, 2.05) is 6.07 Å². The molecule has 1 aromatic rings. The number of hydrogen-bond acceptors (Lipinski definition) is 4. The van der Waals surface area contributed by atoms with Crippen molar-refractivity contribution in [2.24, 2.45) is 0 Å². The normalized spacial score (nSPS) is 22.6.